The van der Waals surface area contributed by atoms with Crippen molar-refractivity contribution in [2.45, 2.75) is 13.3 Å². The third-order valence-corrected chi connectivity index (χ3v) is 1.98. The summed E-state index contributed by atoms with van der Waals surface area (Å²) in [6.07, 6.45) is 0.0674. The highest BCUT2D eigenvalue weighted by atomic mass is 16.4. The average molecular weight is 231 g/mol. The second kappa shape index (κ2) is 7.92. The number of likely N-dealkylation sites (N-methyl/N-ethyl adjacent to an activating group) is 1. The molecule has 0 saturated heterocycles. The molecule has 0 aliphatic carbocycles. The number of urea groups is 1. The number of carbonyl (C=O) groups is 2. The molecule has 6 heteroatoms. The predicted molar refractivity (Wildman–Crippen MR) is 61.4 cm³/mol. The van der Waals surface area contributed by atoms with E-state index in [1.54, 1.807) is 6.92 Å². The van der Waals surface area contributed by atoms with Crippen molar-refractivity contribution in [2.75, 3.05) is 33.7 Å². The number of hydrogen-bond donors (Lipinski definition) is 3. The Labute approximate surface area is 96.0 Å². The van der Waals surface area contributed by atoms with Gasteiger partial charge in [-0.2, -0.15) is 0 Å². The molecule has 0 aromatic carbocycles. The van der Waals surface area contributed by atoms with Crippen LogP contribution in [0.25, 0.3) is 0 Å². The lowest BCUT2D eigenvalue weighted by atomic mass is 10.1. The Morgan fingerprint density at radius 3 is 2.44 bits per heavy atom. The normalized spacial score (nSPS) is 12.2. The minimum atomic E-state index is -0.845. The lowest BCUT2D eigenvalue weighted by Gasteiger charge is -2.13. The van der Waals surface area contributed by atoms with Crippen LogP contribution >= 0.6 is 0 Å². The van der Waals surface area contributed by atoms with E-state index >= 15 is 0 Å². The summed E-state index contributed by atoms with van der Waals surface area (Å²) in [5.74, 6) is -0.903. The molecule has 0 saturated carbocycles. The molecule has 6 nitrogen and oxygen atoms in total. The second-order valence-electron chi connectivity index (χ2n) is 4.14. The maximum atomic E-state index is 11.2. The summed E-state index contributed by atoms with van der Waals surface area (Å²) in [5, 5.41) is 13.8. The number of aliphatic carboxylic acids is 1. The first kappa shape index (κ1) is 14.7. The molecule has 0 aromatic rings. The van der Waals surface area contributed by atoms with E-state index in [1.165, 1.54) is 0 Å². The van der Waals surface area contributed by atoms with E-state index in [0.29, 0.717) is 13.1 Å². The molecule has 0 rings (SSSR count). The zero-order valence-corrected chi connectivity index (χ0v) is 10.1. The maximum Gasteiger partial charge on any atom is 0.314 e. The Hall–Kier alpha value is -1.30. The number of nitrogens with one attached hydrogen (secondary N) is 2. The molecule has 0 spiro atoms. The first-order chi connectivity index (χ1) is 7.41. The second-order valence-corrected chi connectivity index (χ2v) is 4.14. The molecule has 3 N–H and O–H groups in total. The summed E-state index contributed by atoms with van der Waals surface area (Å²) in [4.78, 5) is 23.6. The van der Waals surface area contributed by atoms with Gasteiger partial charge in [-0.05, 0) is 20.0 Å². The molecule has 0 radical (unpaired) electrons. The van der Waals surface area contributed by atoms with Crippen LogP contribution in [-0.2, 0) is 4.79 Å². The standard InChI is InChI=1S/C10H21N3O3/c1-8(6-9(14)15)7-12-10(16)11-4-5-13(2)3/h8H,4-7H2,1-3H3,(H,14,15)(H2,11,12,16). The summed E-state index contributed by atoms with van der Waals surface area (Å²) >= 11 is 0. The zero-order valence-electron chi connectivity index (χ0n) is 10.1. The van der Waals surface area contributed by atoms with Gasteiger partial charge < -0.3 is 20.6 Å². The van der Waals surface area contributed by atoms with Crippen molar-refractivity contribution in [2.24, 2.45) is 5.92 Å². The van der Waals surface area contributed by atoms with E-state index in [4.69, 9.17) is 5.11 Å². The topological polar surface area (TPSA) is 81.7 Å². The van der Waals surface area contributed by atoms with E-state index in [2.05, 4.69) is 10.6 Å². The van der Waals surface area contributed by atoms with E-state index in [1.807, 2.05) is 19.0 Å². The molecular weight excluding hydrogens is 210 g/mol. The van der Waals surface area contributed by atoms with Crippen molar-refractivity contribution < 1.29 is 14.7 Å². The number of carboxylic acid groups (broad SMARTS) is 1. The summed E-state index contributed by atoms with van der Waals surface area (Å²) in [5.41, 5.74) is 0. The smallest absolute Gasteiger partial charge is 0.314 e. The van der Waals surface area contributed by atoms with E-state index in [-0.39, 0.29) is 18.4 Å². The van der Waals surface area contributed by atoms with Gasteiger partial charge in [0.25, 0.3) is 0 Å². The van der Waals surface area contributed by atoms with Crippen molar-refractivity contribution in [1.82, 2.24) is 15.5 Å². The van der Waals surface area contributed by atoms with Gasteiger partial charge in [0.2, 0.25) is 0 Å². The van der Waals surface area contributed by atoms with Gasteiger partial charge in [-0.15, -0.1) is 0 Å². The van der Waals surface area contributed by atoms with Crippen LogP contribution in [-0.4, -0.2) is 55.7 Å². The van der Waals surface area contributed by atoms with Gasteiger partial charge in [0.1, 0.15) is 0 Å². The van der Waals surface area contributed by atoms with Crippen molar-refractivity contribution in [3.63, 3.8) is 0 Å². The van der Waals surface area contributed by atoms with Crippen LogP contribution in [0.4, 0.5) is 4.79 Å². The number of amides is 2. The Kier molecular flexibility index (Phi) is 7.28. The average Bonchev–Trinajstić information content (AvgIpc) is 2.13. The largest absolute Gasteiger partial charge is 0.481 e. The predicted octanol–water partition coefficient (Wildman–Crippen LogP) is -0.0420. The van der Waals surface area contributed by atoms with Crippen molar-refractivity contribution in [3.05, 3.63) is 0 Å². The van der Waals surface area contributed by atoms with E-state index in [0.717, 1.165) is 6.54 Å². The van der Waals surface area contributed by atoms with Gasteiger partial charge in [0.05, 0.1) is 0 Å². The lowest BCUT2D eigenvalue weighted by Crippen LogP contribution is -2.40. The van der Waals surface area contributed by atoms with Crippen LogP contribution in [0.2, 0.25) is 0 Å². The number of hydrogen-bond acceptors (Lipinski definition) is 3. The van der Waals surface area contributed by atoms with Crippen LogP contribution in [0.1, 0.15) is 13.3 Å². The molecule has 0 aliphatic heterocycles. The Morgan fingerprint density at radius 2 is 1.94 bits per heavy atom. The third kappa shape index (κ3) is 9.26. The first-order valence-corrected chi connectivity index (χ1v) is 5.30. The summed E-state index contributed by atoms with van der Waals surface area (Å²) < 4.78 is 0. The monoisotopic (exact) mass is 231 g/mol. The zero-order chi connectivity index (χ0) is 12.6. The van der Waals surface area contributed by atoms with Crippen molar-refractivity contribution in [1.29, 1.82) is 0 Å². The maximum absolute atomic E-state index is 11.2. The molecule has 0 aliphatic rings. The van der Waals surface area contributed by atoms with Crippen molar-refractivity contribution in [3.8, 4) is 0 Å². The Balaban J connectivity index is 3.53. The van der Waals surface area contributed by atoms with Gasteiger partial charge in [-0.25, -0.2) is 4.79 Å². The summed E-state index contributed by atoms with van der Waals surface area (Å²) in [6, 6.07) is -0.251. The number of carbonyl (C=O) groups excluding carboxylic acids is 1. The summed E-state index contributed by atoms with van der Waals surface area (Å²) in [7, 11) is 3.85. The molecule has 94 valence electrons. The fraction of sp³-hybridized carbons (Fsp3) is 0.800. The van der Waals surface area contributed by atoms with Crippen LogP contribution in [0, 0.1) is 5.92 Å². The fourth-order valence-electron chi connectivity index (χ4n) is 1.09. The third-order valence-electron chi connectivity index (χ3n) is 1.98. The molecule has 0 aromatic heterocycles. The highest BCUT2D eigenvalue weighted by Gasteiger charge is 2.08. The van der Waals surface area contributed by atoms with E-state index < -0.39 is 5.97 Å². The quantitative estimate of drug-likeness (QED) is 0.574. The number of rotatable bonds is 7. The van der Waals surface area contributed by atoms with Gasteiger partial charge in [0.15, 0.2) is 0 Å². The summed E-state index contributed by atoms with van der Waals surface area (Å²) in [6.45, 7) is 3.51. The van der Waals surface area contributed by atoms with Crippen LogP contribution in [0.5, 0.6) is 0 Å². The molecular formula is C10H21N3O3. The molecule has 2 amide bonds. The first-order valence-electron chi connectivity index (χ1n) is 5.30. The molecule has 16 heavy (non-hydrogen) atoms. The number of carboxylic acids is 1. The van der Waals surface area contributed by atoms with Crippen LogP contribution in [0.15, 0.2) is 0 Å². The highest BCUT2D eigenvalue weighted by Crippen LogP contribution is 1.98. The van der Waals surface area contributed by atoms with Crippen LogP contribution < -0.4 is 10.6 Å². The SMILES string of the molecule is CC(CNC(=O)NCCN(C)C)CC(=O)O. The molecule has 1 atom stereocenters. The number of nitrogens with zero attached hydrogens (tertiary/aromatic N) is 1. The fourth-order valence-corrected chi connectivity index (χ4v) is 1.09. The van der Waals surface area contributed by atoms with Gasteiger partial charge in [-0.1, -0.05) is 6.92 Å². The molecule has 0 heterocycles. The van der Waals surface area contributed by atoms with Gasteiger partial charge in [0, 0.05) is 26.1 Å². The lowest BCUT2D eigenvalue weighted by molar-refractivity contribution is -0.137. The Bertz CT molecular complexity index is 231. The van der Waals surface area contributed by atoms with E-state index in [9.17, 15) is 9.59 Å². The molecule has 0 fully saturated rings. The minimum Gasteiger partial charge on any atom is -0.481 e. The van der Waals surface area contributed by atoms with Crippen LogP contribution in [0.3, 0.4) is 0 Å². The van der Waals surface area contributed by atoms with Gasteiger partial charge >= 0.3 is 12.0 Å². The van der Waals surface area contributed by atoms with Crippen molar-refractivity contribution >= 4 is 12.0 Å². The molecule has 0 bridgehead atoms. The molecule has 1 unspecified atom stereocenters. The minimum absolute atomic E-state index is 0.0582. The van der Waals surface area contributed by atoms with Gasteiger partial charge in [-0.3, -0.25) is 4.79 Å². The Morgan fingerprint density at radius 1 is 1.31 bits per heavy atom. The highest BCUT2D eigenvalue weighted by molar-refractivity contribution is 5.74.